The van der Waals surface area contributed by atoms with Gasteiger partial charge in [-0.3, -0.25) is 9.59 Å². The van der Waals surface area contributed by atoms with Gasteiger partial charge in [-0.2, -0.15) is 0 Å². The van der Waals surface area contributed by atoms with Crippen molar-refractivity contribution in [2.75, 3.05) is 19.0 Å². The van der Waals surface area contributed by atoms with Crippen molar-refractivity contribution >= 4 is 17.5 Å². The minimum absolute atomic E-state index is 0.106. The van der Waals surface area contributed by atoms with Gasteiger partial charge in [0.15, 0.2) is 0 Å². The molecule has 1 atom stereocenters. The van der Waals surface area contributed by atoms with E-state index in [-0.39, 0.29) is 24.2 Å². The van der Waals surface area contributed by atoms with Gasteiger partial charge >= 0.3 is 0 Å². The van der Waals surface area contributed by atoms with Crippen LogP contribution in [0.15, 0.2) is 48.5 Å². The third-order valence-electron chi connectivity index (χ3n) is 3.83. The molecule has 2 rings (SSSR count). The third kappa shape index (κ3) is 7.07. The van der Waals surface area contributed by atoms with E-state index in [1.807, 2.05) is 30.3 Å². The van der Waals surface area contributed by atoms with E-state index in [4.69, 9.17) is 4.74 Å². The molecule has 0 unspecified atom stereocenters. The van der Waals surface area contributed by atoms with Crippen molar-refractivity contribution in [3.63, 3.8) is 0 Å². The predicted octanol–water partition coefficient (Wildman–Crippen LogP) is 2.21. The molecule has 0 aliphatic heterocycles. The summed E-state index contributed by atoms with van der Waals surface area (Å²) in [5.41, 5.74) is 2.66. The highest BCUT2D eigenvalue weighted by molar-refractivity contribution is 5.86. The van der Waals surface area contributed by atoms with Crippen LogP contribution in [0.4, 0.5) is 10.1 Å². The van der Waals surface area contributed by atoms with Crippen molar-refractivity contribution in [3.05, 3.63) is 65.5 Å². The number of methoxy groups -OCH3 is 1. The maximum absolute atomic E-state index is 13.2. The first-order chi connectivity index (χ1) is 13.0. The highest BCUT2D eigenvalue weighted by Crippen LogP contribution is 2.12. The van der Waals surface area contributed by atoms with Crippen LogP contribution in [-0.4, -0.2) is 31.6 Å². The number of ether oxygens (including phenoxy) is 1. The number of rotatable bonds is 9. The minimum atomic E-state index is -0.722. The molecular formula is C20H24FN3O3. The van der Waals surface area contributed by atoms with Crippen LogP contribution in [0.2, 0.25) is 0 Å². The molecule has 0 fully saturated rings. The Labute approximate surface area is 158 Å². The molecule has 6 nitrogen and oxygen atoms in total. The summed E-state index contributed by atoms with van der Waals surface area (Å²) in [4.78, 5) is 23.3. The van der Waals surface area contributed by atoms with Crippen LogP contribution in [0.3, 0.4) is 0 Å². The fourth-order valence-electron chi connectivity index (χ4n) is 2.50. The molecule has 2 amide bonds. The molecule has 2 aromatic carbocycles. The Kier molecular flexibility index (Phi) is 7.76. The zero-order valence-electron chi connectivity index (χ0n) is 15.4. The lowest BCUT2D eigenvalue weighted by Gasteiger charge is -2.16. The Morgan fingerprint density at radius 2 is 1.81 bits per heavy atom. The van der Waals surface area contributed by atoms with E-state index in [1.54, 1.807) is 6.07 Å². The molecule has 2 aromatic rings. The molecule has 0 spiro atoms. The Hall–Kier alpha value is -2.93. The van der Waals surface area contributed by atoms with Crippen molar-refractivity contribution in [1.29, 1.82) is 0 Å². The van der Waals surface area contributed by atoms with Gasteiger partial charge in [0, 0.05) is 32.8 Å². The van der Waals surface area contributed by atoms with E-state index >= 15 is 0 Å². The molecule has 0 aromatic heterocycles. The Balaban J connectivity index is 1.84. The summed E-state index contributed by atoms with van der Waals surface area (Å²) < 4.78 is 18.1. The first-order valence-electron chi connectivity index (χ1n) is 8.59. The van der Waals surface area contributed by atoms with Crippen molar-refractivity contribution in [2.24, 2.45) is 0 Å². The maximum atomic E-state index is 13.2. The summed E-state index contributed by atoms with van der Waals surface area (Å²) in [7, 11) is 1.47. The first-order valence-corrected chi connectivity index (χ1v) is 8.59. The van der Waals surface area contributed by atoms with Crippen LogP contribution in [0.1, 0.15) is 18.1 Å². The van der Waals surface area contributed by atoms with Gasteiger partial charge < -0.3 is 20.7 Å². The van der Waals surface area contributed by atoms with Crippen molar-refractivity contribution in [2.45, 2.75) is 26.1 Å². The lowest BCUT2D eigenvalue weighted by Crippen LogP contribution is -2.48. The number of benzene rings is 2. The molecule has 7 heteroatoms. The minimum Gasteiger partial charge on any atom is -0.382 e. The second-order valence-electron chi connectivity index (χ2n) is 6.11. The van der Waals surface area contributed by atoms with Gasteiger partial charge in [-0.05, 0) is 35.4 Å². The van der Waals surface area contributed by atoms with Crippen molar-refractivity contribution in [1.82, 2.24) is 10.6 Å². The van der Waals surface area contributed by atoms with E-state index < -0.39 is 6.04 Å². The molecule has 0 radical (unpaired) electrons. The SMILES string of the molecule is COC[C@@H](NC(C)=O)C(=O)NCc1ccc(NCc2cccc(F)c2)cc1. The summed E-state index contributed by atoms with van der Waals surface area (Å²) in [6.45, 7) is 2.31. The molecule has 0 bridgehead atoms. The van der Waals surface area contributed by atoms with E-state index in [9.17, 15) is 14.0 Å². The van der Waals surface area contributed by atoms with Gasteiger partial charge in [0.1, 0.15) is 11.9 Å². The second-order valence-corrected chi connectivity index (χ2v) is 6.11. The Bertz CT molecular complexity index is 765. The highest BCUT2D eigenvalue weighted by Gasteiger charge is 2.18. The van der Waals surface area contributed by atoms with Crippen molar-refractivity contribution in [3.8, 4) is 0 Å². The number of anilines is 1. The molecule has 0 aliphatic rings. The van der Waals surface area contributed by atoms with Crippen LogP contribution >= 0.6 is 0 Å². The van der Waals surface area contributed by atoms with E-state index in [0.29, 0.717) is 13.1 Å². The fourth-order valence-corrected chi connectivity index (χ4v) is 2.50. The lowest BCUT2D eigenvalue weighted by molar-refractivity contribution is -0.129. The summed E-state index contributed by atoms with van der Waals surface area (Å²) in [5.74, 6) is -0.854. The van der Waals surface area contributed by atoms with Gasteiger partial charge in [-0.1, -0.05) is 24.3 Å². The standard InChI is InChI=1S/C20H24FN3O3/c1-14(25)24-19(13-27-2)20(26)23-11-15-6-8-18(9-7-15)22-12-16-4-3-5-17(21)10-16/h3-10,19,22H,11-13H2,1-2H3,(H,23,26)(H,24,25)/t19-/m1/s1. The number of carbonyl (C=O) groups excluding carboxylic acids is 2. The average Bonchev–Trinajstić information content (AvgIpc) is 2.64. The zero-order valence-corrected chi connectivity index (χ0v) is 15.4. The van der Waals surface area contributed by atoms with E-state index in [2.05, 4.69) is 16.0 Å². The molecule has 0 heterocycles. The normalized spacial score (nSPS) is 11.5. The monoisotopic (exact) mass is 373 g/mol. The van der Waals surface area contributed by atoms with Gasteiger partial charge in [0.25, 0.3) is 0 Å². The molecule has 0 aliphatic carbocycles. The van der Waals surface area contributed by atoms with Gasteiger partial charge in [0.05, 0.1) is 6.61 Å². The van der Waals surface area contributed by atoms with E-state index in [0.717, 1.165) is 16.8 Å². The molecular weight excluding hydrogens is 349 g/mol. The van der Waals surface area contributed by atoms with Crippen LogP contribution in [0, 0.1) is 5.82 Å². The summed E-state index contributed by atoms with van der Waals surface area (Å²) in [5, 5.41) is 8.55. The number of amides is 2. The number of carbonyl (C=O) groups is 2. The highest BCUT2D eigenvalue weighted by atomic mass is 19.1. The van der Waals surface area contributed by atoms with Crippen LogP contribution in [0.5, 0.6) is 0 Å². The van der Waals surface area contributed by atoms with Crippen LogP contribution in [-0.2, 0) is 27.4 Å². The molecule has 144 valence electrons. The summed E-state index contributed by atoms with van der Waals surface area (Å²) in [6.07, 6.45) is 0. The molecule has 3 N–H and O–H groups in total. The van der Waals surface area contributed by atoms with Gasteiger partial charge in [-0.25, -0.2) is 4.39 Å². The molecule has 27 heavy (non-hydrogen) atoms. The molecule has 0 saturated carbocycles. The van der Waals surface area contributed by atoms with Crippen LogP contribution < -0.4 is 16.0 Å². The van der Waals surface area contributed by atoms with Crippen LogP contribution in [0.25, 0.3) is 0 Å². The predicted molar refractivity (Wildman–Crippen MR) is 101 cm³/mol. The number of hydrogen-bond acceptors (Lipinski definition) is 4. The zero-order chi connectivity index (χ0) is 19.6. The molecule has 0 saturated heterocycles. The topological polar surface area (TPSA) is 79.5 Å². The smallest absolute Gasteiger partial charge is 0.245 e. The number of halogens is 1. The number of hydrogen-bond donors (Lipinski definition) is 3. The third-order valence-corrected chi connectivity index (χ3v) is 3.83. The average molecular weight is 373 g/mol. The quantitative estimate of drug-likeness (QED) is 0.630. The Morgan fingerprint density at radius 3 is 2.44 bits per heavy atom. The summed E-state index contributed by atoms with van der Waals surface area (Å²) >= 11 is 0. The van der Waals surface area contributed by atoms with Gasteiger partial charge in [-0.15, -0.1) is 0 Å². The Morgan fingerprint density at radius 1 is 1.07 bits per heavy atom. The van der Waals surface area contributed by atoms with Gasteiger partial charge in [0.2, 0.25) is 11.8 Å². The largest absolute Gasteiger partial charge is 0.382 e. The second kappa shape index (κ2) is 10.3. The number of nitrogens with one attached hydrogen (secondary N) is 3. The summed E-state index contributed by atoms with van der Waals surface area (Å²) in [6, 6.07) is 13.3. The fraction of sp³-hybridized carbons (Fsp3) is 0.300. The maximum Gasteiger partial charge on any atom is 0.245 e. The lowest BCUT2D eigenvalue weighted by atomic mass is 10.1. The van der Waals surface area contributed by atoms with Crippen molar-refractivity contribution < 1.29 is 18.7 Å². The van der Waals surface area contributed by atoms with E-state index in [1.165, 1.54) is 26.2 Å². The first kappa shape index (κ1) is 20.4.